The van der Waals surface area contributed by atoms with Crippen LogP contribution >= 0.6 is 0 Å². The first-order valence-corrected chi connectivity index (χ1v) is 8.20. The Morgan fingerprint density at radius 1 is 1.33 bits per heavy atom. The Morgan fingerprint density at radius 2 is 1.95 bits per heavy atom. The molecule has 3 N–H and O–H groups in total. The molecule has 5 nitrogen and oxygen atoms in total. The van der Waals surface area contributed by atoms with Gasteiger partial charge >= 0.3 is 0 Å². The second-order valence-electron chi connectivity index (χ2n) is 7.81. The lowest BCUT2D eigenvalue weighted by Crippen LogP contribution is -2.45. The summed E-state index contributed by atoms with van der Waals surface area (Å²) in [5.41, 5.74) is 4.82. The molecule has 4 rings (SSSR count). The van der Waals surface area contributed by atoms with E-state index in [4.69, 9.17) is 5.73 Å². The predicted octanol–water partition coefficient (Wildman–Crippen LogP) is 2.01. The molecule has 0 aliphatic heterocycles. The Bertz CT molecular complexity index is 437. The van der Waals surface area contributed by atoms with Gasteiger partial charge in [0.15, 0.2) is 0 Å². The maximum Gasteiger partial charge on any atom is 0.141 e. The lowest BCUT2D eigenvalue weighted by molar-refractivity contribution is -0.140. The zero-order valence-corrected chi connectivity index (χ0v) is 12.8. The Balaban J connectivity index is 1.63. The summed E-state index contributed by atoms with van der Waals surface area (Å²) < 4.78 is 0. The van der Waals surface area contributed by atoms with Crippen LogP contribution in [0.25, 0.3) is 0 Å². The Hall–Kier alpha value is -0.810. The average Bonchev–Trinajstić information content (AvgIpc) is 2.74. The van der Waals surface area contributed by atoms with Crippen molar-refractivity contribution in [1.82, 2.24) is 0 Å². The van der Waals surface area contributed by atoms with Crippen molar-refractivity contribution >= 4 is 5.78 Å². The standard InChI is InChI=1S/C16H26N2O3/c1-10(9-18-21)13(17)2-3-14(19)15-5-11-4-12(6-15)8-16(15,20)7-11/h10-13,20H,2-9,17H2,1H3. The highest BCUT2D eigenvalue weighted by atomic mass is 16.3. The molecular formula is C16H26N2O3. The first-order chi connectivity index (χ1) is 9.90. The summed E-state index contributed by atoms with van der Waals surface area (Å²) in [6, 6.07) is -0.173. The van der Waals surface area contributed by atoms with E-state index in [1.807, 2.05) is 6.92 Å². The zero-order valence-electron chi connectivity index (χ0n) is 12.8. The summed E-state index contributed by atoms with van der Waals surface area (Å²) >= 11 is 0. The van der Waals surface area contributed by atoms with Gasteiger partial charge in [-0.25, -0.2) is 0 Å². The van der Waals surface area contributed by atoms with Crippen molar-refractivity contribution < 1.29 is 9.90 Å². The molecule has 4 atom stereocenters. The molecular weight excluding hydrogens is 268 g/mol. The van der Waals surface area contributed by atoms with E-state index in [0.29, 0.717) is 24.7 Å². The van der Waals surface area contributed by atoms with Gasteiger partial charge in [-0.1, -0.05) is 12.1 Å². The van der Waals surface area contributed by atoms with Crippen LogP contribution < -0.4 is 5.73 Å². The van der Waals surface area contributed by atoms with Crippen LogP contribution in [0, 0.1) is 28.1 Å². The van der Waals surface area contributed by atoms with E-state index in [9.17, 15) is 14.8 Å². The molecule has 0 saturated heterocycles. The molecule has 21 heavy (non-hydrogen) atoms. The summed E-state index contributed by atoms with van der Waals surface area (Å²) in [5, 5.41) is 13.8. The summed E-state index contributed by atoms with van der Waals surface area (Å²) in [4.78, 5) is 23.1. The topological polar surface area (TPSA) is 92.8 Å². The molecule has 0 aromatic carbocycles. The van der Waals surface area contributed by atoms with Crippen molar-refractivity contribution in [1.29, 1.82) is 0 Å². The molecule has 4 fully saturated rings. The zero-order chi connectivity index (χ0) is 15.3. The van der Waals surface area contributed by atoms with Crippen molar-refractivity contribution in [2.75, 3.05) is 6.54 Å². The normalized spacial score (nSPS) is 43.0. The van der Waals surface area contributed by atoms with Gasteiger partial charge in [-0.05, 0) is 56.3 Å². The molecule has 0 spiro atoms. The summed E-state index contributed by atoms with van der Waals surface area (Å²) in [5.74, 6) is 1.29. The number of carbonyl (C=O) groups excluding carboxylic acids is 1. The van der Waals surface area contributed by atoms with E-state index in [0.717, 1.165) is 25.7 Å². The third-order valence-corrected chi connectivity index (χ3v) is 6.42. The SMILES string of the molecule is CC(CN=O)C(N)CCC(=O)C12CC3CC(CC1(O)C3)C2. The van der Waals surface area contributed by atoms with Crippen LogP contribution in [0.4, 0.5) is 0 Å². The van der Waals surface area contributed by atoms with Crippen LogP contribution in [0.1, 0.15) is 51.9 Å². The summed E-state index contributed by atoms with van der Waals surface area (Å²) in [7, 11) is 0. The highest BCUT2D eigenvalue weighted by Crippen LogP contribution is 2.68. The van der Waals surface area contributed by atoms with Crippen molar-refractivity contribution in [3.63, 3.8) is 0 Å². The number of carbonyl (C=O) groups is 1. The van der Waals surface area contributed by atoms with Crippen molar-refractivity contribution in [2.24, 2.45) is 34.1 Å². The van der Waals surface area contributed by atoms with Crippen LogP contribution in [0.3, 0.4) is 0 Å². The van der Waals surface area contributed by atoms with E-state index in [2.05, 4.69) is 5.18 Å². The number of nitroso groups, excluding NO2 is 1. The average molecular weight is 294 g/mol. The van der Waals surface area contributed by atoms with Crippen molar-refractivity contribution in [3.05, 3.63) is 4.91 Å². The van der Waals surface area contributed by atoms with Crippen LogP contribution in [0.2, 0.25) is 0 Å². The lowest BCUT2D eigenvalue weighted by Gasteiger charge is -2.35. The van der Waals surface area contributed by atoms with Gasteiger partial charge in [0, 0.05) is 12.5 Å². The Kier molecular flexibility index (Phi) is 3.69. The van der Waals surface area contributed by atoms with Crippen molar-refractivity contribution in [2.45, 2.75) is 63.5 Å². The molecule has 118 valence electrons. The van der Waals surface area contributed by atoms with Gasteiger partial charge < -0.3 is 10.8 Å². The molecule has 0 radical (unpaired) electrons. The number of hydrogen-bond donors (Lipinski definition) is 2. The minimum atomic E-state index is -0.738. The molecule has 4 aliphatic rings. The van der Waals surface area contributed by atoms with Gasteiger partial charge in [-0.15, -0.1) is 0 Å². The highest BCUT2D eigenvalue weighted by Gasteiger charge is 2.68. The number of nitrogens with zero attached hydrogens (tertiary/aromatic N) is 1. The summed E-state index contributed by atoms with van der Waals surface area (Å²) in [6.07, 6.45) is 5.58. The molecule has 0 amide bonds. The fourth-order valence-corrected chi connectivity index (χ4v) is 5.39. The molecule has 4 unspecified atom stereocenters. The molecule has 4 bridgehead atoms. The maximum atomic E-state index is 12.8. The molecule has 5 heteroatoms. The van der Waals surface area contributed by atoms with Crippen LogP contribution in [0.15, 0.2) is 5.18 Å². The minimum absolute atomic E-state index is 0.00671. The highest BCUT2D eigenvalue weighted by molar-refractivity contribution is 5.87. The van der Waals surface area contributed by atoms with E-state index in [1.165, 1.54) is 6.42 Å². The quantitative estimate of drug-likeness (QED) is 0.702. The van der Waals surface area contributed by atoms with E-state index < -0.39 is 11.0 Å². The number of nitrogens with two attached hydrogens (primary N) is 1. The first-order valence-electron chi connectivity index (χ1n) is 8.20. The largest absolute Gasteiger partial charge is 0.389 e. The maximum absolute atomic E-state index is 12.8. The Morgan fingerprint density at radius 3 is 2.52 bits per heavy atom. The van der Waals surface area contributed by atoms with Crippen LogP contribution in [0.5, 0.6) is 0 Å². The lowest BCUT2D eigenvalue weighted by atomic mass is 9.70. The van der Waals surface area contributed by atoms with Crippen LogP contribution in [-0.4, -0.2) is 29.1 Å². The minimum Gasteiger partial charge on any atom is -0.389 e. The van der Waals surface area contributed by atoms with Gasteiger partial charge in [-0.3, -0.25) is 4.79 Å². The predicted molar refractivity (Wildman–Crippen MR) is 79.5 cm³/mol. The van der Waals surface area contributed by atoms with E-state index >= 15 is 0 Å². The fraction of sp³-hybridized carbons (Fsp3) is 0.938. The van der Waals surface area contributed by atoms with Crippen LogP contribution in [-0.2, 0) is 4.79 Å². The Labute approximate surface area is 125 Å². The molecule has 0 heterocycles. The van der Waals surface area contributed by atoms with Gasteiger partial charge in [0.2, 0.25) is 0 Å². The number of aliphatic hydroxyl groups is 1. The molecule has 0 aromatic heterocycles. The number of ketones is 1. The van der Waals surface area contributed by atoms with Gasteiger partial charge in [0.25, 0.3) is 0 Å². The number of hydrogen-bond acceptors (Lipinski definition) is 5. The third kappa shape index (κ3) is 2.25. The van der Waals surface area contributed by atoms with Crippen molar-refractivity contribution in [3.8, 4) is 0 Å². The monoisotopic (exact) mass is 294 g/mol. The number of rotatable bonds is 7. The second-order valence-corrected chi connectivity index (χ2v) is 7.81. The molecule has 0 aromatic rings. The number of Topliss-reactive ketones (excluding diaryl/α,β-unsaturated/α-hetero) is 1. The molecule has 4 saturated carbocycles. The van der Waals surface area contributed by atoms with Gasteiger partial charge in [0.1, 0.15) is 5.78 Å². The molecule has 4 aliphatic carbocycles. The fourth-order valence-electron chi connectivity index (χ4n) is 5.39. The van der Waals surface area contributed by atoms with E-state index in [-0.39, 0.29) is 24.3 Å². The third-order valence-electron chi connectivity index (χ3n) is 6.42. The first kappa shape index (κ1) is 15.1. The van der Waals surface area contributed by atoms with E-state index in [1.54, 1.807) is 0 Å². The summed E-state index contributed by atoms with van der Waals surface area (Å²) in [6.45, 7) is 2.10. The smallest absolute Gasteiger partial charge is 0.141 e. The van der Waals surface area contributed by atoms with Gasteiger partial charge in [-0.2, -0.15) is 4.91 Å². The van der Waals surface area contributed by atoms with Gasteiger partial charge in [0.05, 0.1) is 17.6 Å². The second kappa shape index (κ2) is 5.13.